The Morgan fingerprint density at radius 3 is 1.50 bits per heavy atom. The van der Waals surface area contributed by atoms with Gasteiger partial charge in [-0.05, 0) is 42.0 Å². The van der Waals surface area contributed by atoms with Crippen LogP contribution in [0.4, 0.5) is 0 Å². The first kappa shape index (κ1) is 18.5. The third-order valence-electron chi connectivity index (χ3n) is 4.49. The standard InChI is InChI=1S/C24H17Cl2O2/c1-27-19-14-12-16(13-15-19)20-21(25)23(17-8-4-2-5-9-17)28-24(22(20)26)18-10-6-3-7-11-18/h2-15H,1H3/q+1. The minimum Gasteiger partial charge on any atom is -0.497 e. The van der Waals surface area contributed by atoms with Crippen LogP contribution >= 0.6 is 23.2 Å². The fourth-order valence-corrected chi connectivity index (χ4v) is 3.83. The Bertz CT molecular complexity index is 1030. The van der Waals surface area contributed by atoms with E-state index < -0.39 is 0 Å². The molecule has 0 aliphatic rings. The Balaban J connectivity index is 2.01. The predicted octanol–water partition coefficient (Wildman–Crippen LogP) is 7.88. The van der Waals surface area contributed by atoms with Gasteiger partial charge in [0.15, 0.2) is 10.0 Å². The molecule has 0 atom stereocenters. The molecule has 2 nitrogen and oxygen atoms in total. The third kappa shape index (κ3) is 3.49. The molecule has 0 bridgehead atoms. The molecule has 0 radical (unpaired) electrons. The number of benzene rings is 3. The van der Waals surface area contributed by atoms with Crippen molar-refractivity contribution in [2.75, 3.05) is 7.11 Å². The van der Waals surface area contributed by atoms with E-state index in [-0.39, 0.29) is 0 Å². The SMILES string of the molecule is COc1ccc(-c2c(Cl)c(-c3ccccc3)[o+]c(-c3ccccc3)c2Cl)cc1. The van der Waals surface area contributed by atoms with Gasteiger partial charge in [-0.15, -0.1) is 0 Å². The normalized spacial score (nSPS) is 10.7. The van der Waals surface area contributed by atoms with Crippen molar-refractivity contribution in [2.24, 2.45) is 0 Å². The van der Waals surface area contributed by atoms with Crippen molar-refractivity contribution in [2.45, 2.75) is 0 Å². The van der Waals surface area contributed by atoms with Crippen molar-refractivity contribution < 1.29 is 9.15 Å². The number of rotatable bonds is 4. The van der Waals surface area contributed by atoms with E-state index in [0.717, 1.165) is 28.0 Å². The van der Waals surface area contributed by atoms with E-state index in [1.165, 1.54) is 0 Å². The molecule has 0 saturated carbocycles. The van der Waals surface area contributed by atoms with Gasteiger partial charge in [0.05, 0.1) is 18.2 Å². The first-order valence-corrected chi connectivity index (χ1v) is 9.55. The third-order valence-corrected chi connectivity index (χ3v) is 5.21. The molecule has 138 valence electrons. The molecular weight excluding hydrogens is 391 g/mol. The smallest absolute Gasteiger partial charge is 0.379 e. The van der Waals surface area contributed by atoms with E-state index >= 15 is 0 Å². The summed E-state index contributed by atoms with van der Waals surface area (Å²) in [7, 11) is 1.64. The van der Waals surface area contributed by atoms with Crippen LogP contribution in [0.1, 0.15) is 0 Å². The van der Waals surface area contributed by atoms with Gasteiger partial charge in [-0.2, -0.15) is 0 Å². The van der Waals surface area contributed by atoms with Gasteiger partial charge < -0.3 is 4.74 Å². The molecule has 28 heavy (non-hydrogen) atoms. The predicted molar refractivity (Wildman–Crippen MR) is 116 cm³/mol. The Morgan fingerprint density at radius 1 is 0.607 bits per heavy atom. The average molecular weight is 408 g/mol. The summed E-state index contributed by atoms with van der Waals surface area (Å²) in [5, 5.41) is 0.946. The lowest BCUT2D eigenvalue weighted by molar-refractivity contribution is 0.415. The first-order chi connectivity index (χ1) is 13.7. The molecule has 1 heterocycles. The zero-order valence-electron chi connectivity index (χ0n) is 15.2. The van der Waals surface area contributed by atoms with Crippen LogP contribution in [0.15, 0.2) is 89.3 Å². The fraction of sp³-hybridized carbons (Fsp3) is 0.0417. The van der Waals surface area contributed by atoms with Crippen LogP contribution in [0.3, 0.4) is 0 Å². The summed E-state index contributed by atoms with van der Waals surface area (Å²) >= 11 is 13.6. The van der Waals surface area contributed by atoms with Gasteiger partial charge in [-0.1, -0.05) is 71.7 Å². The van der Waals surface area contributed by atoms with Crippen molar-refractivity contribution in [3.8, 4) is 39.5 Å². The lowest BCUT2D eigenvalue weighted by Crippen LogP contribution is -1.91. The zero-order chi connectivity index (χ0) is 19.5. The van der Waals surface area contributed by atoms with Gasteiger partial charge in [0.25, 0.3) is 0 Å². The molecule has 0 amide bonds. The second kappa shape index (κ2) is 8.05. The van der Waals surface area contributed by atoms with Crippen LogP contribution in [0.5, 0.6) is 5.75 Å². The highest BCUT2D eigenvalue weighted by molar-refractivity contribution is 6.41. The molecule has 3 aromatic carbocycles. The summed E-state index contributed by atoms with van der Waals surface area (Å²) in [4.78, 5) is 0. The van der Waals surface area contributed by atoms with E-state index in [1.807, 2.05) is 84.9 Å². The maximum atomic E-state index is 6.81. The van der Waals surface area contributed by atoms with Crippen LogP contribution in [-0.2, 0) is 0 Å². The van der Waals surface area contributed by atoms with Crippen molar-refractivity contribution in [1.29, 1.82) is 0 Å². The van der Waals surface area contributed by atoms with Gasteiger partial charge in [-0.3, -0.25) is 0 Å². The Hall–Kier alpha value is -2.81. The van der Waals surface area contributed by atoms with E-state index in [2.05, 4.69) is 0 Å². The average Bonchev–Trinajstić information content (AvgIpc) is 2.76. The van der Waals surface area contributed by atoms with Gasteiger partial charge >= 0.3 is 11.5 Å². The summed E-state index contributed by atoms with van der Waals surface area (Å²) in [5.41, 5.74) is 3.39. The van der Waals surface area contributed by atoms with Crippen molar-refractivity contribution in [3.63, 3.8) is 0 Å². The minimum atomic E-state index is 0.473. The lowest BCUT2D eigenvalue weighted by Gasteiger charge is -2.09. The van der Waals surface area contributed by atoms with Gasteiger partial charge in [0.1, 0.15) is 5.75 Å². The second-order valence-corrected chi connectivity index (χ2v) is 6.98. The quantitative estimate of drug-likeness (QED) is 0.320. The van der Waals surface area contributed by atoms with Crippen LogP contribution in [0.2, 0.25) is 10.0 Å². The molecule has 4 aromatic rings. The van der Waals surface area contributed by atoms with Crippen molar-refractivity contribution >= 4 is 23.2 Å². The lowest BCUT2D eigenvalue weighted by atomic mass is 10.0. The van der Waals surface area contributed by atoms with E-state index in [4.69, 9.17) is 32.4 Å². The highest BCUT2D eigenvalue weighted by Gasteiger charge is 2.31. The summed E-state index contributed by atoms with van der Waals surface area (Å²) in [6.07, 6.45) is 0. The number of ether oxygens (including phenoxy) is 1. The van der Waals surface area contributed by atoms with Gasteiger partial charge in [-0.25, -0.2) is 4.42 Å². The first-order valence-electron chi connectivity index (χ1n) is 8.79. The topological polar surface area (TPSA) is 20.5 Å². The molecule has 0 aliphatic heterocycles. The van der Waals surface area contributed by atoms with E-state index in [9.17, 15) is 0 Å². The van der Waals surface area contributed by atoms with E-state index in [0.29, 0.717) is 21.6 Å². The molecule has 4 heteroatoms. The monoisotopic (exact) mass is 407 g/mol. The second-order valence-electron chi connectivity index (χ2n) is 6.22. The van der Waals surface area contributed by atoms with Crippen LogP contribution in [0, 0.1) is 0 Å². The molecule has 0 saturated heterocycles. The van der Waals surface area contributed by atoms with Crippen LogP contribution in [-0.4, -0.2) is 7.11 Å². The molecule has 0 aliphatic carbocycles. The number of halogens is 2. The maximum Gasteiger partial charge on any atom is 0.379 e. The highest BCUT2D eigenvalue weighted by atomic mass is 35.5. The van der Waals surface area contributed by atoms with Crippen molar-refractivity contribution in [1.82, 2.24) is 0 Å². The Morgan fingerprint density at radius 2 is 1.07 bits per heavy atom. The van der Waals surface area contributed by atoms with Crippen molar-refractivity contribution in [3.05, 3.63) is 95.0 Å². The summed E-state index contributed by atoms with van der Waals surface area (Å²) in [6, 6.07) is 27.2. The summed E-state index contributed by atoms with van der Waals surface area (Å²) in [6.45, 7) is 0. The summed E-state index contributed by atoms with van der Waals surface area (Å²) < 4.78 is 11.5. The van der Waals surface area contributed by atoms with Gasteiger partial charge in [0, 0.05) is 5.56 Å². The molecule has 0 fully saturated rings. The molecule has 0 unspecified atom stereocenters. The van der Waals surface area contributed by atoms with Crippen LogP contribution in [0.25, 0.3) is 33.8 Å². The number of hydrogen-bond acceptors (Lipinski definition) is 1. The molecular formula is C24H17Cl2O2+. The van der Waals surface area contributed by atoms with Gasteiger partial charge in [0.2, 0.25) is 0 Å². The largest absolute Gasteiger partial charge is 0.497 e. The highest BCUT2D eigenvalue weighted by Crippen LogP contribution is 2.46. The number of methoxy groups -OCH3 is 1. The molecule has 0 spiro atoms. The zero-order valence-corrected chi connectivity index (χ0v) is 16.7. The fourth-order valence-electron chi connectivity index (χ4n) is 3.08. The molecule has 4 rings (SSSR count). The number of hydrogen-bond donors (Lipinski definition) is 0. The minimum absolute atomic E-state index is 0.473. The van der Waals surface area contributed by atoms with E-state index in [1.54, 1.807) is 7.11 Å². The Labute approximate surface area is 173 Å². The molecule has 0 N–H and O–H groups in total. The maximum absolute atomic E-state index is 6.81. The van der Waals surface area contributed by atoms with Crippen LogP contribution < -0.4 is 4.74 Å². The Kier molecular flexibility index (Phi) is 5.34. The molecule has 1 aromatic heterocycles. The summed E-state index contributed by atoms with van der Waals surface area (Å²) in [5.74, 6) is 1.93.